The molecular weight excluding hydrogens is 276 g/mol. The Morgan fingerprint density at radius 1 is 1.30 bits per heavy atom. The van der Waals surface area contributed by atoms with Gasteiger partial charge in [0, 0.05) is 19.1 Å². The maximum absolute atomic E-state index is 12.6. The lowest BCUT2D eigenvalue weighted by Gasteiger charge is -2.35. The Kier molecular flexibility index (Phi) is 7.85. The third-order valence-corrected chi connectivity index (χ3v) is 4.45. The van der Waals surface area contributed by atoms with E-state index in [2.05, 4.69) is 12.2 Å². The summed E-state index contributed by atoms with van der Waals surface area (Å²) in [6, 6.07) is 0.446. The minimum Gasteiger partial charge on any atom is -0.365 e. The van der Waals surface area contributed by atoms with Gasteiger partial charge < -0.3 is 15.0 Å². The first-order valence-electron chi connectivity index (χ1n) is 7.86. The van der Waals surface area contributed by atoms with Crippen molar-refractivity contribution >= 4 is 18.3 Å². The number of carbonyl (C=O) groups is 1. The summed E-state index contributed by atoms with van der Waals surface area (Å²) in [7, 11) is 1.98. The molecule has 0 aromatic carbocycles. The third kappa shape index (κ3) is 4.61. The van der Waals surface area contributed by atoms with Crippen LogP contribution in [0.1, 0.15) is 51.9 Å². The fraction of sp³-hybridized carbons (Fsp3) is 0.933. The highest BCUT2D eigenvalue weighted by atomic mass is 35.5. The Hall–Kier alpha value is -0.320. The van der Waals surface area contributed by atoms with Crippen molar-refractivity contribution in [2.45, 2.75) is 70.1 Å². The minimum atomic E-state index is -0.223. The molecule has 1 heterocycles. The number of halogens is 1. The predicted octanol–water partition coefficient (Wildman–Crippen LogP) is 2.36. The van der Waals surface area contributed by atoms with Crippen molar-refractivity contribution in [2.24, 2.45) is 0 Å². The summed E-state index contributed by atoms with van der Waals surface area (Å²) in [5.41, 5.74) is 0. The molecule has 4 nitrogen and oxygen atoms in total. The zero-order chi connectivity index (χ0) is 13.7. The first kappa shape index (κ1) is 17.7. The largest absolute Gasteiger partial charge is 0.365 e. The van der Waals surface area contributed by atoms with Crippen LogP contribution < -0.4 is 5.32 Å². The molecule has 1 saturated heterocycles. The van der Waals surface area contributed by atoms with Gasteiger partial charge in [-0.2, -0.15) is 0 Å². The zero-order valence-electron chi connectivity index (χ0n) is 12.8. The van der Waals surface area contributed by atoms with E-state index in [0.29, 0.717) is 12.1 Å². The number of rotatable bonds is 5. The molecule has 0 spiro atoms. The molecule has 2 aliphatic rings. The molecule has 1 saturated carbocycles. The van der Waals surface area contributed by atoms with Crippen molar-refractivity contribution in [1.29, 1.82) is 0 Å². The lowest BCUT2D eigenvalue weighted by atomic mass is 10.0. The summed E-state index contributed by atoms with van der Waals surface area (Å²) in [6.07, 6.45) is 7.90. The highest BCUT2D eigenvalue weighted by Gasteiger charge is 2.30. The number of piperidine rings is 1. The van der Waals surface area contributed by atoms with Crippen LogP contribution in [0.5, 0.6) is 0 Å². The minimum absolute atomic E-state index is 0. The fourth-order valence-electron chi connectivity index (χ4n) is 3.20. The molecule has 1 aliphatic carbocycles. The van der Waals surface area contributed by atoms with Crippen LogP contribution in [0, 0.1) is 0 Å². The maximum atomic E-state index is 12.6. The van der Waals surface area contributed by atoms with Crippen LogP contribution in [-0.4, -0.2) is 49.2 Å². The van der Waals surface area contributed by atoms with Crippen LogP contribution in [-0.2, 0) is 9.53 Å². The second-order valence-electron chi connectivity index (χ2n) is 5.85. The molecule has 0 aromatic heterocycles. The average Bonchev–Trinajstić information content (AvgIpc) is 2.97. The van der Waals surface area contributed by atoms with Gasteiger partial charge in [0.25, 0.3) is 5.91 Å². The summed E-state index contributed by atoms with van der Waals surface area (Å²) >= 11 is 0. The van der Waals surface area contributed by atoms with E-state index in [1.807, 2.05) is 11.9 Å². The number of nitrogens with one attached hydrogen (secondary N) is 1. The van der Waals surface area contributed by atoms with Crippen LogP contribution in [0.4, 0.5) is 0 Å². The van der Waals surface area contributed by atoms with E-state index in [9.17, 15) is 4.79 Å². The number of hydrogen-bond donors (Lipinski definition) is 1. The molecule has 0 radical (unpaired) electrons. The summed E-state index contributed by atoms with van der Waals surface area (Å²) in [6.45, 7) is 3.78. The van der Waals surface area contributed by atoms with Gasteiger partial charge in [0.05, 0.1) is 6.10 Å². The van der Waals surface area contributed by atoms with Gasteiger partial charge >= 0.3 is 0 Å². The van der Waals surface area contributed by atoms with Gasteiger partial charge in [-0.05, 0) is 39.2 Å². The Balaban J connectivity index is 0.00000200. The number of likely N-dealkylation sites (N-methyl/N-ethyl adjacent to an activating group) is 1. The van der Waals surface area contributed by atoms with Gasteiger partial charge in [-0.1, -0.05) is 19.8 Å². The van der Waals surface area contributed by atoms with E-state index in [1.54, 1.807) is 0 Å². The normalized spacial score (nSPS) is 25.3. The van der Waals surface area contributed by atoms with Crippen LogP contribution in [0.3, 0.4) is 0 Å². The third-order valence-electron chi connectivity index (χ3n) is 4.45. The molecule has 1 amide bonds. The number of amides is 1. The Labute approximate surface area is 129 Å². The number of hydrogen-bond acceptors (Lipinski definition) is 3. The first-order chi connectivity index (χ1) is 9.24. The van der Waals surface area contributed by atoms with Gasteiger partial charge in [0.2, 0.25) is 0 Å². The van der Waals surface area contributed by atoms with Crippen molar-refractivity contribution < 1.29 is 9.53 Å². The standard InChI is InChI=1S/C15H28N2O2.ClH/c1-3-14(19-13-8-4-5-9-13)15(18)17-10-6-7-12(11-17)16-2;/h12-14,16H,3-11H2,1-2H3;1H. The maximum Gasteiger partial charge on any atom is 0.251 e. The lowest BCUT2D eigenvalue weighted by Crippen LogP contribution is -2.50. The molecule has 2 atom stereocenters. The highest BCUT2D eigenvalue weighted by molar-refractivity contribution is 5.85. The molecule has 0 aromatic rings. The molecule has 2 rings (SSSR count). The monoisotopic (exact) mass is 304 g/mol. The van der Waals surface area contributed by atoms with E-state index >= 15 is 0 Å². The topological polar surface area (TPSA) is 41.6 Å². The molecule has 1 aliphatic heterocycles. The smallest absolute Gasteiger partial charge is 0.251 e. The summed E-state index contributed by atoms with van der Waals surface area (Å²) in [5, 5.41) is 3.28. The average molecular weight is 305 g/mol. The summed E-state index contributed by atoms with van der Waals surface area (Å²) < 4.78 is 6.03. The van der Waals surface area contributed by atoms with Gasteiger partial charge in [0.15, 0.2) is 0 Å². The van der Waals surface area contributed by atoms with Crippen molar-refractivity contribution in [3.05, 3.63) is 0 Å². The van der Waals surface area contributed by atoms with Gasteiger partial charge in [-0.15, -0.1) is 12.4 Å². The van der Waals surface area contributed by atoms with Crippen molar-refractivity contribution in [3.63, 3.8) is 0 Å². The van der Waals surface area contributed by atoms with E-state index in [1.165, 1.54) is 19.3 Å². The molecule has 118 valence electrons. The molecule has 5 heteroatoms. The lowest BCUT2D eigenvalue weighted by molar-refractivity contribution is -0.149. The van der Waals surface area contributed by atoms with Crippen LogP contribution in [0.2, 0.25) is 0 Å². The van der Waals surface area contributed by atoms with Crippen molar-refractivity contribution in [3.8, 4) is 0 Å². The second kappa shape index (κ2) is 8.85. The Morgan fingerprint density at radius 2 is 2.00 bits per heavy atom. The van der Waals surface area contributed by atoms with Crippen LogP contribution >= 0.6 is 12.4 Å². The number of carbonyl (C=O) groups excluding carboxylic acids is 1. The summed E-state index contributed by atoms with van der Waals surface area (Å²) in [4.78, 5) is 14.5. The fourth-order valence-corrected chi connectivity index (χ4v) is 3.20. The molecule has 20 heavy (non-hydrogen) atoms. The zero-order valence-corrected chi connectivity index (χ0v) is 13.6. The Morgan fingerprint density at radius 3 is 2.60 bits per heavy atom. The van der Waals surface area contributed by atoms with Crippen molar-refractivity contribution in [1.82, 2.24) is 10.2 Å². The molecule has 2 fully saturated rings. The molecule has 0 bridgehead atoms. The van der Waals surface area contributed by atoms with Crippen molar-refractivity contribution in [2.75, 3.05) is 20.1 Å². The molecule has 2 unspecified atom stereocenters. The number of nitrogens with zero attached hydrogens (tertiary/aromatic N) is 1. The van der Waals surface area contributed by atoms with Gasteiger partial charge in [-0.25, -0.2) is 0 Å². The van der Waals surface area contributed by atoms with Crippen LogP contribution in [0.25, 0.3) is 0 Å². The van der Waals surface area contributed by atoms with E-state index < -0.39 is 0 Å². The molecular formula is C15H29ClN2O2. The van der Waals surface area contributed by atoms with E-state index in [0.717, 1.165) is 38.8 Å². The Bertz CT molecular complexity index is 296. The number of ether oxygens (including phenoxy) is 1. The van der Waals surface area contributed by atoms with E-state index in [4.69, 9.17) is 4.74 Å². The summed E-state index contributed by atoms with van der Waals surface area (Å²) in [5.74, 6) is 0.203. The SMILES string of the molecule is CCC(OC1CCCC1)C(=O)N1CCCC(NC)C1.Cl. The quantitative estimate of drug-likeness (QED) is 0.848. The van der Waals surface area contributed by atoms with Gasteiger partial charge in [-0.3, -0.25) is 4.79 Å². The van der Waals surface area contributed by atoms with Crippen LogP contribution in [0.15, 0.2) is 0 Å². The molecule has 1 N–H and O–H groups in total. The van der Waals surface area contributed by atoms with E-state index in [-0.39, 0.29) is 24.4 Å². The van der Waals surface area contributed by atoms with Gasteiger partial charge in [0.1, 0.15) is 6.10 Å². The first-order valence-corrected chi connectivity index (χ1v) is 7.86. The second-order valence-corrected chi connectivity index (χ2v) is 5.85. The predicted molar refractivity (Wildman–Crippen MR) is 83.3 cm³/mol. The highest BCUT2D eigenvalue weighted by Crippen LogP contribution is 2.24. The number of likely N-dealkylation sites (tertiary alicyclic amines) is 1.